The average Bonchev–Trinajstić information content (AvgIpc) is 3.20. The number of hydrogen-bond acceptors (Lipinski definition) is 4. The molecular weight excluding hydrogens is 346 g/mol. The van der Waals surface area contributed by atoms with Crippen molar-refractivity contribution in [3.8, 4) is 0 Å². The van der Waals surface area contributed by atoms with Crippen LogP contribution in [0.4, 0.5) is 5.13 Å². The quantitative estimate of drug-likeness (QED) is 0.887. The number of carbonyl (C=O) groups excluding carboxylic acids is 2. The van der Waals surface area contributed by atoms with Gasteiger partial charge in [-0.15, -0.1) is 11.3 Å². The van der Waals surface area contributed by atoms with Crippen LogP contribution >= 0.6 is 11.3 Å². The SMILES string of the molecule is Cc1cnc(NC(=O)C2(N3Cc4c(C)cccc4C3=O)CCCCC2)s1. The fourth-order valence-electron chi connectivity index (χ4n) is 4.22. The summed E-state index contributed by atoms with van der Waals surface area (Å²) in [7, 11) is 0. The number of fused-ring (bicyclic) bond motifs is 1. The molecule has 2 heterocycles. The van der Waals surface area contributed by atoms with E-state index < -0.39 is 5.54 Å². The molecule has 1 saturated carbocycles. The van der Waals surface area contributed by atoms with Gasteiger partial charge in [0.15, 0.2) is 5.13 Å². The zero-order valence-corrected chi connectivity index (χ0v) is 16.0. The van der Waals surface area contributed by atoms with Crippen molar-refractivity contribution in [2.75, 3.05) is 5.32 Å². The Balaban J connectivity index is 1.68. The smallest absolute Gasteiger partial charge is 0.255 e. The monoisotopic (exact) mass is 369 g/mol. The highest BCUT2D eigenvalue weighted by molar-refractivity contribution is 7.15. The molecule has 1 N–H and O–H groups in total. The number of aryl methyl sites for hydroxylation is 2. The van der Waals surface area contributed by atoms with Gasteiger partial charge in [0.05, 0.1) is 0 Å². The maximum Gasteiger partial charge on any atom is 0.255 e. The minimum absolute atomic E-state index is 0.0175. The fraction of sp³-hybridized carbons (Fsp3) is 0.450. The maximum absolute atomic E-state index is 13.3. The lowest BCUT2D eigenvalue weighted by Gasteiger charge is -2.42. The Bertz CT molecular complexity index is 868. The highest BCUT2D eigenvalue weighted by Gasteiger charge is 2.50. The molecule has 4 rings (SSSR count). The van der Waals surface area contributed by atoms with E-state index in [1.54, 1.807) is 6.20 Å². The molecule has 2 aliphatic rings. The van der Waals surface area contributed by atoms with Crippen LogP contribution in [0.5, 0.6) is 0 Å². The highest BCUT2D eigenvalue weighted by atomic mass is 32.1. The van der Waals surface area contributed by atoms with Crippen LogP contribution in [0.3, 0.4) is 0 Å². The average molecular weight is 369 g/mol. The summed E-state index contributed by atoms with van der Waals surface area (Å²) in [5.41, 5.74) is 2.13. The van der Waals surface area contributed by atoms with Gasteiger partial charge >= 0.3 is 0 Å². The fourth-order valence-corrected chi connectivity index (χ4v) is 4.88. The normalized spacial score (nSPS) is 18.7. The summed E-state index contributed by atoms with van der Waals surface area (Å²) in [5, 5.41) is 3.60. The van der Waals surface area contributed by atoms with E-state index in [-0.39, 0.29) is 11.8 Å². The Morgan fingerprint density at radius 2 is 2.00 bits per heavy atom. The van der Waals surface area contributed by atoms with E-state index in [0.29, 0.717) is 24.5 Å². The van der Waals surface area contributed by atoms with Crippen LogP contribution in [0.15, 0.2) is 24.4 Å². The standard InChI is InChI=1S/C20H23N3O2S/c1-13-7-6-8-15-16(13)12-23(17(15)24)20(9-4-3-5-10-20)18(25)22-19-21-11-14(2)26-19/h6-8,11H,3-5,9-10,12H2,1-2H3,(H,21,22,25). The summed E-state index contributed by atoms with van der Waals surface area (Å²) in [6, 6.07) is 5.83. The maximum atomic E-state index is 13.3. The molecule has 0 unspecified atom stereocenters. The van der Waals surface area contributed by atoms with Crippen molar-refractivity contribution >= 4 is 28.3 Å². The van der Waals surface area contributed by atoms with Gasteiger partial charge in [0, 0.05) is 23.2 Å². The zero-order chi connectivity index (χ0) is 18.3. The van der Waals surface area contributed by atoms with E-state index in [4.69, 9.17) is 0 Å². The largest absolute Gasteiger partial charge is 0.320 e. The third-order valence-electron chi connectivity index (χ3n) is 5.66. The second kappa shape index (κ2) is 6.50. The number of carbonyl (C=O) groups is 2. The van der Waals surface area contributed by atoms with Gasteiger partial charge in [0.2, 0.25) is 0 Å². The van der Waals surface area contributed by atoms with Gasteiger partial charge in [-0.2, -0.15) is 0 Å². The first-order valence-corrected chi connectivity index (χ1v) is 9.97. The van der Waals surface area contributed by atoms with Gasteiger partial charge in [-0.3, -0.25) is 14.9 Å². The molecule has 1 aromatic carbocycles. The number of thiazole rings is 1. The zero-order valence-electron chi connectivity index (χ0n) is 15.2. The lowest BCUT2D eigenvalue weighted by atomic mass is 9.79. The molecule has 2 aromatic rings. The number of aromatic nitrogens is 1. The van der Waals surface area contributed by atoms with E-state index in [9.17, 15) is 9.59 Å². The second-order valence-electron chi connectivity index (χ2n) is 7.31. The molecule has 1 aromatic heterocycles. The van der Waals surface area contributed by atoms with E-state index in [1.165, 1.54) is 11.3 Å². The molecule has 0 saturated heterocycles. The number of benzene rings is 1. The van der Waals surface area contributed by atoms with Crippen LogP contribution in [0.1, 0.15) is 58.5 Å². The minimum Gasteiger partial charge on any atom is -0.320 e. The Labute approximate surface area is 157 Å². The summed E-state index contributed by atoms with van der Waals surface area (Å²) in [6.45, 7) is 4.51. The number of anilines is 1. The van der Waals surface area contributed by atoms with E-state index in [2.05, 4.69) is 10.3 Å². The van der Waals surface area contributed by atoms with Crippen molar-refractivity contribution in [3.05, 3.63) is 46.0 Å². The summed E-state index contributed by atoms with van der Waals surface area (Å²) < 4.78 is 0. The predicted octanol–water partition coefficient (Wildman–Crippen LogP) is 4.06. The third kappa shape index (κ3) is 2.72. The van der Waals surface area contributed by atoms with Crippen LogP contribution in [0.2, 0.25) is 0 Å². The summed E-state index contributed by atoms with van der Waals surface area (Å²) >= 11 is 1.47. The lowest BCUT2D eigenvalue weighted by Crippen LogP contribution is -2.58. The molecule has 0 spiro atoms. The molecule has 0 atom stereocenters. The van der Waals surface area contributed by atoms with Crippen LogP contribution in [0, 0.1) is 13.8 Å². The molecule has 26 heavy (non-hydrogen) atoms. The first-order chi connectivity index (χ1) is 12.5. The Morgan fingerprint density at radius 3 is 2.65 bits per heavy atom. The number of nitrogens with one attached hydrogen (secondary N) is 1. The van der Waals surface area contributed by atoms with E-state index >= 15 is 0 Å². The summed E-state index contributed by atoms with van der Waals surface area (Å²) in [6.07, 6.45) is 6.21. The molecule has 5 nitrogen and oxygen atoms in total. The van der Waals surface area contributed by atoms with Crippen molar-refractivity contribution in [1.29, 1.82) is 0 Å². The molecule has 6 heteroatoms. The van der Waals surface area contributed by atoms with Crippen LogP contribution in [-0.4, -0.2) is 27.2 Å². The van der Waals surface area contributed by atoms with E-state index in [0.717, 1.165) is 40.8 Å². The Hall–Kier alpha value is -2.21. The molecule has 1 aliphatic heterocycles. The van der Waals surface area contributed by atoms with Crippen LogP contribution in [-0.2, 0) is 11.3 Å². The van der Waals surface area contributed by atoms with Crippen LogP contribution in [0.25, 0.3) is 0 Å². The molecule has 1 aliphatic carbocycles. The van der Waals surface area contributed by atoms with Crippen molar-refractivity contribution in [3.63, 3.8) is 0 Å². The third-order valence-corrected chi connectivity index (χ3v) is 6.49. The number of amides is 2. The van der Waals surface area contributed by atoms with Gasteiger partial charge < -0.3 is 4.90 Å². The molecule has 1 fully saturated rings. The number of hydrogen-bond donors (Lipinski definition) is 1. The second-order valence-corrected chi connectivity index (χ2v) is 8.55. The van der Waals surface area contributed by atoms with Gasteiger partial charge in [-0.25, -0.2) is 4.98 Å². The number of rotatable bonds is 3. The molecule has 136 valence electrons. The molecule has 2 amide bonds. The minimum atomic E-state index is -0.777. The van der Waals surface area contributed by atoms with Gasteiger partial charge in [0.1, 0.15) is 5.54 Å². The summed E-state index contributed by atoms with van der Waals surface area (Å²) in [5.74, 6) is -0.110. The molecule has 0 radical (unpaired) electrons. The van der Waals surface area contributed by atoms with Gasteiger partial charge in [-0.1, -0.05) is 31.4 Å². The topological polar surface area (TPSA) is 62.3 Å². The van der Waals surface area contributed by atoms with Crippen molar-refractivity contribution in [1.82, 2.24) is 9.88 Å². The molecular formula is C20H23N3O2S. The Kier molecular flexibility index (Phi) is 4.31. The number of nitrogens with zero attached hydrogens (tertiary/aromatic N) is 2. The summed E-state index contributed by atoms with van der Waals surface area (Å²) in [4.78, 5) is 33.6. The molecule has 0 bridgehead atoms. The van der Waals surface area contributed by atoms with Crippen LogP contribution < -0.4 is 5.32 Å². The van der Waals surface area contributed by atoms with Crippen molar-refractivity contribution < 1.29 is 9.59 Å². The Morgan fingerprint density at radius 1 is 1.23 bits per heavy atom. The van der Waals surface area contributed by atoms with E-state index in [1.807, 2.05) is 36.9 Å². The van der Waals surface area contributed by atoms with Crippen molar-refractivity contribution in [2.45, 2.75) is 58.0 Å². The van der Waals surface area contributed by atoms with Crippen molar-refractivity contribution in [2.24, 2.45) is 0 Å². The first-order valence-electron chi connectivity index (χ1n) is 9.16. The van der Waals surface area contributed by atoms with Gasteiger partial charge in [0.25, 0.3) is 11.8 Å². The lowest BCUT2D eigenvalue weighted by molar-refractivity contribution is -0.129. The predicted molar refractivity (Wildman–Crippen MR) is 102 cm³/mol. The van der Waals surface area contributed by atoms with Gasteiger partial charge in [-0.05, 0) is 43.9 Å². The first kappa shape index (κ1) is 17.2. The highest BCUT2D eigenvalue weighted by Crippen LogP contribution is 2.40.